The second-order valence-electron chi connectivity index (χ2n) is 1.70. The van der Waals surface area contributed by atoms with Crippen LogP contribution in [0.25, 0.3) is 0 Å². The van der Waals surface area contributed by atoms with Crippen LogP contribution in [0, 0.1) is 10.7 Å². The lowest BCUT2D eigenvalue weighted by atomic mass is 10.3. The molecule has 1 aromatic carbocycles. The van der Waals surface area contributed by atoms with Crippen molar-refractivity contribution in [3.63, 3.8) is 0 Å². The molecule has 0 bridgehead atoms. The third-order valence-corrected chi connectivity index (χ3v) is 1.24. The van der Waals surface area contributed by atoms with Crippen LogP contribution in [0.1, 0.15) is 0 Å². The minimum absolute atomic E-state index is 0.759. The molecule has 4 heteroatoms. The summed E-state index contributed by atoms with van der Waals surface area (Å²) in [6.07, 6.45) is 0. The largest absolute Gasteiger partial charge is 0.183 e. The number of hydrogen-bond donors (Lipinski definition) is 0. The number of nitrogens with zero attached hydrogens (tertiary/aromatic N) is 3. The zero-order chi connectivity index (χ0) is 7.94. The molecule has 11 heavy (non-hydrogen) atoms. The molecule has 3 nitrogen and oxygen atoms in total. The average Bonchev–Trinajstić information content (AvgIpc) is 2.07. The Morgan fingerprint density at radius 1 is 1.27 bits per heavy atom. The Labute approximate surface area is 68.9 Å². The second kappa shape index (κ2) is 4.47. The third-order valence-electron chi connectivity index (χ3n) is 0.994. The summed E-state index contributed by atoms with van der Waals surface area (Å²) in [4.78, 5) is 0. The van der Waals surface area contributed by atoms with Gasteiger partial charge in [-0.25, -0.2) is 0 Å². The molecule has 0 unspecified atom stereocenters. The van der Waals surface area contributed by atoms with E-state index in [9.17, 15) is 0 Å². The molecule has 1 rings (SSSR count). The van der Waals surface area contributed by atoms with Crippen molar-refractivity contribution >= 4 is 17.6 Å². The van der Waals surface area contributed by atoms with Gasteiger partial charge in [0.05, 0.1) is 5.69 Å². The van der Waals surface area contributed by atoms with Gasteiger partial charge in [-0.1, -0.05) is 22.7 Å². The molecule has 0 atom stereocenters. The first-order valence-electron chi connectivity index (χ1n) is 2.94. The van der Waals surface area contributed by atoms with Crippen molar-refractivity contribution < 1.29 is 0 Å². The molecule has 0 aliphatic rings. The summed E-state index contributed by atoms with van der Waals surface area (Å²) in [7, 11) is 0. The maximum absolute atomic E-state index is 8.10. The Bertz CT molecular complexity index is 275. The van der Waals surface area contributed by atoms with Gasteiger partial charge in [0, 0.05) is 0 Å². The molecule has 0 saturated heterocycles. The highest BCUT2D eigenvalue weighted by Crippen LogP contribution is 2.12. The van der Waals surface area contributed by atoms with Gasteiger partial charge in [0.25, 0.3) is 0 Å². The standard InChI is InChI=1S/C7H5N3S/c8-6-11-10-9-7-4-2-1-3-5-7/h1-5H. The highest BCUT2D eigenvalue weighted by molar-refractivity contribution is 8.02. The van der Waals surface area contributed by atoms with Gasteiger partial charge in [0.1, 0.15) is 11.9 Å². The monoisotopic (exact) mass is 163 g/mol. The zero-order valence-corrected chi connectivity index (χ0v) is 6.45. The Morgan fingerprint density at radius 2 is 2.00 bits per heavy atom. The summed E-state index contributed by atoms with van der Waals surface area (Å²) in [6, 6.07) is 9.27. The molecule has 0 radical (unpaired) electrons. The van der Waals surface area contributed by atoms with E-state index < -0.39 is 0 Å². The molecule has 0 N–H and O–H groups in total. The number of thiocyanates is 1. The Morgan fingerprint density at radius 3 is 2.64 bits per heavy atom. The molecule has 0 amide bonds. The van der Waals surface area contributed by atoms with Gasteiger partial charge in [-0.05, 0) is 12.1 Å². The van der Waals surface area contributed by atoms with Crippen LogP contribution >= 0.6 is 11.9 Å². The molecule has 0 aliphatic heterocycles. The quantitative estimate of drug-likeness (QED) is 0.382. The van der Waals surface area contributed by atoms with Crippen LogP contribution in [0.3, 0.4) is 0 Å². The van der Waals surface area contributed by atoms with E-state index in [-0.39, 0.29) is 0 Å². The number of benzene rings is 1. The normalized spacial score (nSPS) is 9.73. The van der Waals surface area contributed by atoms with Gasteiger partial charge in [-0.3, -0.25) is 0 Å². The smallest absolute Gasteiger partial charge is 0.159 e. The lowest BCUT2D eigenvalue weighted by Crippen LogP contribution is -1.58. The van der Waals surface area contributed by atoms with Crippen LogP contribution in [0.15, 0.2) is 40.0 Å². The van der Waals surface area contributed by atoms with Crippen molar-refractivity contribution in [2.24, 2.45) is 9.63 Å². The SMILES string of the molecule is N#CSN=Nc1ccccc1. The van der Waals surface area contributed by atoms with E-state index in [1.807, 2.05) is 30.3 Å². The summed E-state index contributed by atoms with van der Waals surface area (Å²) < 4.78 is 3.54. The van der Waals surface area contributed by atoms with Gasteiger partial charge in [0.15, 0.2) is 5.40 Å². The predicted octanol–water partition coefficient (Wildman–Crippen LogP) is 2.90. The molecule has 0 heterocycles. The predicted molar refractivity (Wildman–Crippen MR) is 44.2 cm³/mol. The fourth-order valence-corrected chi connectivity index (χ4v) is 0.752. The van der Waals surface area contributed by atoms with Crippen molar-refractivity contribution in [2.45, 2.75) is 0 Å². The zero-order valence-electron chi connectivity index (χ0n) is 5.64. The van der Waals surface area contributed by atoms with Crippen LogP contribution in [-0.2, 0) is 0 Å². The van der Waals surface area contributed by atoms with Crippen LogP contribution in [-0.4, -0.2) is 0 Å². The molecule has 0 spiro atoms. The molecule has 0 aliphatic carbocycles. The topological polar surface area (TPSA) is 48.5 Å². The van der Waals surface area contributed by atoms with E-state index in [1.54, 1.807) is 5.40 Å². The molecular weight excluding hydrogens is 158 g/mol. The van der Waals surface area contributed by atoms with Crippen molar-refractivity contribution in [1.82, 2.24) is 0 Å². The summed E-state index contributed by atoms with van der Waals surface area (Å²) in [5, 5.41) is 13.7. The van der Waals surface area contributed by atoms with Crippen molar-refractivity contribution in [2.75, 3.05) is 0 Å². The third kappa shape index (κ3) is 2.83. The fourth-order valence-electron chi connectivity index (χ4n) is 0.580. The van der Waals surface area contributed by atoms with Crippen LogP contribution < -0.4 is 0 Å². The summed E-state index contributed by atoms with van der Waals surface area (Å²) >= 11 is 0.767. The van der Waals surface area contributed by atoms with Crippen LogP contribution in [0.5, 0.6) is 0 Å². The Balaban J connectivity index is 2.59. The summed E-state index contributed by atoms with van der Waals surface area (Å²) in [5.74, 6) is 0. The first-order valence-corrected chi connectivity index (χ1v) is 3.72. The molecule has 0 aromatic heterocycles. The van der Waals surface area contributed by atoms with Gasteiger partial charge in [-0.2, -0.15) is 5.26 Å². The van der Waals surface area contributed by atoms with E-state index in [0.29, 0.717) is 0 Å². The fraction of sp³-hybridized carbons (Fsp3) is 0. The molecule has 54 valence electrons. The maximum Gasteiger partial charge on any atom is 0.159 e. The molecule has 0 saturated carbocycles. The van der Waals surface area contributed by atoms with Crippen molar-refractivity contribution in [3.05, 3.63) is 30.3 Å². The Kier molecular flexibility index (Phi) is 3.16. The summed E-state index contributed by atoms with van der Waals surface area (Å²) in [5.41, 5.74) is 0.759. The van der Waals surface area contributed by atoms with E-state index >= 15 is 0 Å². The first-order chi connectivity index (χ1) is 5.43. The highest BCUT2D eigenvalue weighted by atomic mass is 32.2. The van der Waals surface area contributed by atoms with Gasteiger partial charge >= 0.3 is 0 Å². The van der Waals surface area contributed by atoms with Crippen LogP contribution in [0.4, 0.5) is 5.69 Å². The van der Waals surface area contributed by atoms with Gasteiger partial charge in [-0.15, -0.1) is 5.11 Å². The minimum atomic E-state index is 0.759. The van der Waals surface area contributed by atoms with E-state index in [1.165, 1.54) is 0 Å². The van der Waals surface area contributed by atoms with Crippen LogP contribution in [0.2, 0.25) is 0 Å². The second-order valence-corrected chi connectivity index (χ2v) is 2.23. The number of hydrogen-bond acceptors (Lipinski definition) is 4. The van der Waals surface area contributed by atoms with E-state index in [4.69, 9.17) is 5.26 Å². The van der Waals surface area contributed by atoms with Gasteiger partial charge < -0.3 is 0 Å². The number of rotatable bonds is 2. The molecular formula is C7H5N3S. The first kappa shape index (κ1) is 7.76. The lowest BCUT2D eigenvalue weighted by molar-refractivity contribution is 1.34. The average molecular weight is 163 g/mol. The lowest BCUT2D eigenvalue weighted by Gasteiger charge is -1.85. The molecule has 0 fully saturated rings. The van der Waals surface area contributed by atoms with Crippen molar-refractivity contribution in [1.29, 1.82) is 5.26 Å². The Hall–Kier alpha value is -1.34. The van der Waals surface area contributed by atoms with Crippen molar-refractivity contribution in [3.8, 4) is 5.40 Å². The number of nitriles is 1. The van der Waals surface area contributed by atoms with Gasteiger partial charge in [0.2, 0.25) is 0 Å². The van der Waals surface area contributed by atoms with E-state index in [2.05, 4.69) is 9.63 Å². The van der Waals surface area contributed by atoms with E-state index in [0.717, 1.165) is 17.6 Å². The minimum Gasteiger partial charge on any atom is -0.183 e. The maximum atomic E-state index is 8.10. The highest BCUT2D eigenvalue weighted by Gasteiger charge is 1.83. The summed E-state index contributed by atoms with van der Waals surface area (Å²) in [6.45, 7) is 0. The molecule has 1 aromatic rings.